The van der Waals surface area contributed by atoms with E-state index in [1.165, 1.54) is 37.0 Å². The molecule has 2 N–H and O–H groups in total. The third kappa shape index (κ3) is 2.94. The van der Waals surface area contributed by atoms with Gasteiger partial charge in [0.2, 0.25) is 0 Å². The number of ether oxygens (including phenoxy) is 1. The summed E-state index contributed by atoms with van der Waals surface area (Å²) in [6.45, 7) is 4.23. The lowest BCUT2D eigenvalue weighted by Crippen LogP contribution is -2.40. The fourth-order valence-electron chi connectivity index (χ4n) is 3.63. The topological polar surface area (TPSA) is 55.6 Å². The summed E-state index contributed by atoms with van der Waals surface area (Å²) in [4.78, 5) is 15.9. The Morgan fingerprint density at radius 2 is 2.14 bits per heavy atom. The Kier molecular flexibility index (Phi) is 4.50. The molecule has 0 atom stereocenters. The van der Waals surface area contributed by atoms with Crippen molar-refractivity contribution in [2.24, 2.45) is 0 Å². The van der Waals surface area contributed by atoms with Gasteiger partial charge in [-0.15, -0.1) is 11.3 Å². The first kappa shape index (κ1) is 14.9. The highest BCUT2D eigenvalue weighted by Gasteiger charge is 2.30. The Labute approximate surface area is 130 Å². The van der Waals surface area contributed by atoms with Gasteiger partial charge in [0.05, 0.1) is 12.2 Å². The highest BCUT2D eigenvalue weighted by Crippen LogP contribution is 2.37. The molecule has 3 rings (SSSR count). The number of hydrogen-bond donors (Lipinski definition) is 1. The Bertz CT molecular complexity index is 521. The van der Waals surface area contributed by atoms with Crippen LogP contribution in [0.4, 0.5) is 5.00 Å². The van der Waals surface area contributed by atoms with Crippen molar-refractivity contribution < 1.29 is 9.53 Å². The van der Waals surface area contributed by atoms with E-state index < -0.39 is 0 Å². The van der Waals surface area contributed by atoms with E-state index in [4.69, 9.17) is 10.5 Å². The number of nitrogens with two attached hydrogens (primary N) is 1. The van der Waals surface area contributed by atoms with Crippen LogP contribution in [0.2, 0.25) is 0 Å². The van der Waals surface area contributed by atoms with Crippen molar-refractivity contribution in [3.8, 4) is 0 Å². The zero-order chi connectivity index (χ0) is 14.8. The lowest BCUT2D eigenvalue weighted by Gasteiger charge is -2.36. The zero-order valence-corrected chi connectivity index (χ0v) is 13.5. The predicted molar refractivity (Wildman–Crippen MR) is 85.7 cm³/mol. The maximum absolute atomic E-state index is 12.1. The molecule has 0 spiro atoms. The van der Waals surface area contributed by atoms with Crippen LogP contribution in [0.15, 0.2) is 0 Å². The summed E-state index contributed by atoms with van der Waals surface area (Å²) in [5.41, 5.74) is 7.86. The molecular formula is C16H24N2O2S. The Hall–Kier alpha value is -1.07. The molecule has 0 amide bonds. The van der Waals surface area contributed by atoms with E-state index in [9.17, 15) is 4.79 Å². The summed E-state index contributed by atoms with van der Waals surface area (Å²) in [7, 11) is 0. The van der Waals surface area contributed by atoms with Gasteiger partial charge in [0.15, 0.2) is 0 Å². The zero-order valence-electron chi connectivity index (χ0n) is 12.7. The number of anilines is 1. The standard InChI is InChI=1S/C16H24N2O2S/c1-2-20-16(19)14-12-8-9-18(10-13(12)21-15(14)17)11-6-4-3-5-7-11/h11H,2-10,17H2,1H3. The molecule has 21 heavy (non-hydrogen) atoms. The number of hydrogen-bond acceptors (Lipinski definition) is 5. The van der Waals surface area contributed by atoms with E-state index in [-0.39, 0.29) is 5.97 Å². The van der Waals surface area contributed by atoms with E-state index in [1.54, 1.807) is 11.3 Å². The van der Waals surface area contributed by atoms with Crippen molar-refractivity contribution in [2.75, 3.05) is 18.9 Å². The van der Waals surface area contributed by atoms with Gasteiger partial charge in [-0.2, -0.15) is 0 Å². The predicted octanol–water partition coefficient (Wildman–Crippen LogP) is 3.20. The first-order valence-corrected chi connectivity index (χ1v) is 8.83. The molecule has 116 valence electrons. The Morgan fingerprint density at radius 1 is 1.38 bits per heavy atom. The normalized spacial score (nSPS) is 20.2. The number of nitrogens with zero attached hydrogens (tertiary/aromatic N) is 1. The number of esters is 1. The summed E-state index contributed by atoms with van der Waals surface area (Å²) in [6.07, 6.45) is 7.66. The molecule has 1 aromatic heterocycles. The molecule has 2 aliphatic rings. The van der Waals surface area contributed by atoms with Crippen molar-refractivity contribution in [3.63, 3.8) is 0 Å². The highest BCUT2D eigenvalue weighted by atomic mass is 32.1. The molecule has 1 aliphatic carbocycles. The molecule has 1 aromatic rings. The quantitative estimate of drug-likeness (QED) is 0.871. The minimum Gasteiger partial charge on any atom is -0.462 e. The van der Waals surface area contributed by atoms with E-state index in [0.717, 1.165) is 31.1 Å². The molecule has 0 bridgehead atoms. The van der Waals surface area contributed by atoms with Crippen molar-refractivity contribution in [1.29, 1.82) is 0 Å². The van der Waals surface area contributed by atoms with Gasteiger partial charge in [-0.1, -0.05) is 19.3 Å². The van der Waals surface area contributed by atoms with E-state index in [1.807, 2.05) is 6.92 Å². The maximum Gasteiger partial charge on any atom is 0.341 e. The molecule has 1 fully saturated rings. The van der Waals surface area contributed by atoms with Crippen LogP contribution < -0.4 is 5.73 Å². The molecule has 0 unspecified atom stereocenters. The molecule has 0 radical (unpaired) electrons. The second-order valence-corrected chi connectivity index (χ2v) is 7.11. The van der Waals surface area contributed by atoms with Gasteiger partial charge in [0.25, 0.3) is 0 Å². The molecular weight excluding hydrogens is 284 g/mol. The van der Waals surface area contributed by atoms with Crippen molar-refractivity contribution in [3.05, 3.63) is 16.0 Å². The molecule has 1 saturated carbocycles. The monoisotopic (exact) mass is 308 g/mol. The fraction of sp³-hybridized carbons (Fsp3) is 0.688. The molecule has 0 aromatic carbocycles. The first-order chi connectivity index (χ1) is 10.2. The molecule has 2 heterocycles. The number of thiophene rings is 1. The summed E-state index contributed by atoms with van der Waals surface area (Å²) in [5.74, 6) is -0.251. The van der Waals surface area contributed by atoms with Crippen LogP contribution in [0.3, 0.4) is 0 Å². The van der Waals surface area contributed by atoms with E-state index >= 15 is 0 Å². The van der Waals surface area contributed by atoms with Crippen LogP contribution in [0.25, 0.3) is 0 Å². The summed E-state index contributed by atoms with van der Waals surface area (Å²) in [5, 5.41) is 0.629. The SMILES string of the molecule is CCOC(=O)c1c(N)sc2c1CCN(C1CCCCC1)C2. The third-order valence-electron chi connectivity index (χ3n) is 4.68. The van der Waals surface area contributed by atoms with Crippen LogP contribution in [-0.2, 0) is 17.7 Å². The minimum absolute atomic E-state index is 0.251. The van der Waals surface area contributed by atoms with Gasteiger partial charge in [0.1, 0.15) is 5.00 Å². The van der Waals surface area contributed by atoms with Crippen LogP contribution >= 0.6 is 11.3 Å². The lowest BCUT2D eigenvalue weighted by molar-refractivity contribution is 0.0525. The number of carbonyl (C=O) groups is 1. The maximum atomic E-state index is 12.1. The number of nitrogen functional groups attached to an aromatic ring is 1. The Balaban J connectivity index is 1.77. The van der Waals surface area contributed by atoms with Gasteiger partial charge >= 0.3 is 5.97 Å². The van der Waals surface area contributed by atoms with Gasteiger partial charge in [-0.05, 0) is 31.7 Å². The van der Waals surface area contributed by atoms with Crippen LogP contribution in [-0.4, -0.2) is 30.1 Å². The van der Waals surface area contributed by atoms with Gasteiger partial charge < -0.3 is 10.5 Å². The van der Waals surface area contributed by atoms with Crippen molar-refractivity contribution in [2.45, 2.75) is 58.0 Å². The molecule has 5 heteroatoms. The van der Waals surface area contributed by atoms with Crippen LogP contribution in [0.1, 0.15) is 59.8 Å². The first-order valence-electron chi connectivity index (χ1n) is 8.02. The molecule has 0 saturated heterocycles. The minimum atomic E-state index is -0.251. The average Bonchev–Trinajstić information content (AvgIpc) is 2.83. The number of fused-ring (bicyclic) bond motifs is 1. The highest BCUT2D eigenvalue weighted by molar-refractivity contribution is 7.16. The Morgan fingerprint density at radius 3 is 2.86 bits per heavy atom. The molecule has 1 aliphatic heterocycles. The van der Waals surface area contributed by atoms with Crippen LogP contribution in [0.5, 0.6) is 0 Å². The van der Waals surface area contributed by atoms with E-state index in [2.05, 4.69) is 4.90 Å². The summed E-state index contributed by atoms with van der Waals surface area (Å²) in [6, 6.07) is 0.723. The summed E-state index contributed by atoms with van der Waals surface area (Å²) < 4.78 is 5.15. The van der Waals surface area contributed by atoms with Gasteiger partial charge in [-0.3, -0.25) is 4.90 Å². The summed E-state index contributed by atoms with van der Waals surface area (Å²) >= 11 is 1.57. The number of carbonyl (C=O) groups excluding carboxylic acids is 1. The largest absolute Gasteiger partial charge is 0.462 e. The van der Waals surface area contributed by atoms with Crippen LogP contribution in [0, 0.1) is 0 Å². The van der Waals surface area contributed by atoms with Crippen molar-refractivity contribution in [1.82, 2.24) is 4.90 Å². The van der Waals surface area contributed by atoms with E-state index in [0.29, 0.717) is 17.2 Å². The second kappa shape index (κ2) is 6.36. The van der Waals surface area contributed by atoms with Crippen molar-refractivity contribution >= 4 is 22.3 Å². The average molecular weight is 308 g/mol. The smallest absolute Gasteiger partial charge is 0.341 e. The van der Waals surface area contributed by atoms with Gasteiger partial charge in [0, 0.05) is 24.0 Å². The molecule has 4 nitrogen and oxygen atoms in total. The third-order valence-corrected chi connectivity index (χ3v) is 5.73. The fourth-order valence-corrected chi connectivity index (χ4v) is 4.76. The second-order valence-electron chi connectivity index (χ2n) is 5.98. The number of rotatable bonds is 3. The lowest BCUT2D eigenvalue weighted by atomic mass is 9.92. The van der Waals surface area contributed by atoms with Gasteiger partial charge in [-0.25, -0.2) is 4.79 Å².